The first-order valence-electron chi connectivity index (χ1n) is 10.7. The summed E-state index contributed by atoms with van der Waals surface area (Å²) in [5.74, 6) is 0.0885. The fourth-order valence-electron chi connectivity index (χ4n) is 4.58. The second-order valence-electron chi connectivity index (χ2n) is 9.05. The van der Waals surface area contributed by atoms with Gasteiger partial charge in [-0.25, -0.2) is 0 Å². The van der Waals surface area contributed by atoms with Gasteiger partial charge < -0.3 is 0 Å². The first-order chi connectivity index (χ1) is 14.6. The minimum atomic E-state index is -2.42. The molecule has 1 aromatic rings. The Morgan fingerprint density at radius 3 is 2.39 bits per heavy atom. The molecule has 1 aromatic carbocycles. The number of benzene rings is 1. The zero-order valence-electron chi connectivity index (χ0n) is 19.1. The van der Waals surface area contributed by atoms with Crippen molar-refractivity contribution in [1.82, 2.24) is 0 Å². The molecule has 0 heterocycles. The molecular weight excluding hydrogens is 428 g/mol. The lowest BCUT2D eigenvalue weighted by molar-refractivity contribution is -0.104. The van der Waals surface area contributed by atoms with Crippen LogP contribution in [0.4, 0.5) is 0 Å². The van der Waals surface area contributed by atoms with Gasteiger partial charge in [0.2, 0.25) is 10.3 Å². The first kappa shape index (κ1) is 25.4. The molecule has 2 atom stereocenters. The number of aldehydes is 1. The van der Waals surface area contributed by atoms with Gasteiger partial charge in [0.05, 0.1) is 10.2 Å². The maximum atomic E-state index is 11.7. The Morgan fingerprint density at radius 2 is 1.84 bits per heavy atom. The summed E-state index contributed by atoms with van der Waals surface area (Å²) in [7, 11) is -2.42. The second kappa shape index (κ2) is 11.1. The van der Waals surface area contributed by atoms with Crippen LogP contribution in [0.3, 0.4) is 0 Å². The van der Waals surface area contributed by atoms with E-state index in [0.29, 0.717) is 11.9 Å². The molecule has 5 heteroatoms. The molecule has 1 aliphatic carbocycles. The number of carbonyl (C=O) groups excluding carboxylic acids is 1. The van der Waals surface area contributed by atoms with Gasteiger partial charge in [-0.3, -0.25) is 4.79 Å². The van der Waals surface area contributed by atoms with Crippen molar-refractivity contribution in [2.45, 2.75) is 71.6 Å². The van der Waals surface area contributed by atoms with E-state index in [1.165, 1.54) is 29.2 Å². The quantitative estimate of drug-likeness (QED) is 0.147. The highest BCUT2D eigenvalue weighted by molar-refractivity contribution is 7.73. The van der Waals surface area contributed by atoms with E-state index in [2.05, 4.69) is 51.1 Å². The fraction of sp³-hybridized carbons (Fsp3) is 0.462. The third-order valence-corrected chi connectivity index (χ3v) is 7.65. The first-order valence-corrected chi connectivity index (χ1v) is 12.2. The summed E-state index contributed by atoms with van der Waals surface area (Å²) in [6, 6.07) is 10.4. The molecule has 0 bridgehead atoms. The maximum Gasteiger partial charge on any atom is 0.217 e. The molecule has 2 rings (SSSR count). The van der Waals surface area contributed by atoms with Gasteiger partial charge in [-0.05, 0) is 62.7 Å². The average molecular weight is 461 g/mol. The van der Waals surface area contributed by atoms with Crippen molar-refractivity contribution >= 4 is 33.0 Å². The highest BCUT2D eigenvalue weighted by Crippen LogP contribution is 2.48. The third-order valence-electron chi connectivity index (χ3n) is 6.26. The lowest BCUT2D eigenvalue weighted by Gasteiger charge is -2.39. The largest absolute Gasteiger partial charge is 0.299 e. The molecule has 0 saturated carbocycles. The van der Waals surface area contributed by atoms with Gasteiger partial charge >= 0.3 is 0 Å². The lowest BCUT2D eigenvalue weighted by atomic mass is 9.66. The molecule has 31 heavy (non-hydrogen) atoms. The van der Waals surface area contributed by atoms with Gasteiger partial charge in [0.25, 0.3) is 0 Å². The van der Waals surface area contributed by atoms with Crippen molar-refractivity contribution in [3.63, 3.8) is 0 Å². The van der Waals surface area contributed by atoms with Crippen molar-refractivity contribution in [2.24, 2.45) is 5.41 Å². The molecule has 0 N–H and O–H groups in total. The van der Waals surface area contributed by atoms with E-state index >= 15 is 0 Å². The van der Waals surface area contributed by atoms with Crippen molar-refractivity contribution in [3.8, 4) is 0 Å². The van der Waals surface area contributed by atoms with Crippen LogP contribution in [0.25, 0.3) is 0 Å². The SMILES string of the molecule is CC(=CC=O)C(CC(Cl)C(C)=CC(C1=C(C)CCCC1(C)C)c1ccccc1)=S(=O)=O. The van der Waals surface area contributed by atoms with E-state index in [1.54, 1.807) is 6.92 Å². The smallest absolute Gasteiger partial charge is 0.217 e. The van der Waals surface area contributed by atoms with E-state index in [1.807, 2.05) is 13.0 Å². The normalized spacial score (nSPS) is 19.0. The molecule has 168 valence electrons. The van der Waals surface area contributed by atoms with Crippen LogP contribution in [-0.4, -0.2) is 24.9 Å². The number of hydrogen-bond donors (Lipinski definition) is 0. The summed E-state index contributed by atoms with van der Waals surface area (Å²) in [4.78, 5) is 11.0. The molecular formula is C26H33ClO3S. The Hall–Kier alpha value is -1.91. The van der Waals surface area contributed by atoms with Crippen LogP contribution in [0.5, 0.6) is 0 Å². The minimum Gasteiger partial charge on any atom is -0.299 e. The summed E-state index contributed by atoms with van der Waals surface area (Å²) < 4.78 is 23.4. The molecule has 0 aliphatic heterocycles. The highest BCUT2D eigenvalue weighted by atomic mass is 35.5. The summed E-state index contributed by atoms with van der Waals surface area (Å²) in [5, 5.41) is -0.485. The van der Waals surface area contributed by atoms with Gasteiger partial charge in [0.1, 0.15) is 6.29 Å². The van der Waals surface area contributed by atoms with Gasteiger partial charge in [-0.1, -0.05) is 67.0 Å². The monoisotopic (exact) mass is 460 g/mol. The van der Waals surface area contributed by atoms with Gasteiger partial charge in [0.15, 0.2) is 0 Å². The zero-order chi connectivity index (χ0) is 23.2. The molecule has 2 unspecified atom stereocenters. The van der Waals surface area contributed by atoms with E-state index in [9.17, 15) is 13.2 Å². The average Bonchev–Trinajstić information content (AvgIpc) is 2.70. The van der Waals surface area contributed by atoms with Crippen LogP contribution >= 0.6 is 11.6 Å². The van der Waals surface area contributed by atoms with Crippen LogP contribution in [0.2, 0.25) is 0 Å². The summed E-state index contributed by atoms with van der Waals surface area (Å²) in [5.41, 5.74) is 5.51. The zero-order valence-corrected chi connectivity index (χ0v) is 20.7. The molecule has 0 amide bonds. The molecule has 0 saturated heterocycles. The molecule has 0 radical (unpaired) electrons. The predicted molar refractivity (Wildman–Crippen MR) is 131 cm³/mol. The van der Waals surface area contributed by atoms with E-state index < -0.39 is 15.7 Å². The van der Waals surface area contributed by atoms with Crippen LogP contribution in [0, 0.1) is 5.41 Å². The Morgan fingerprint density at radius 1 is 1.19 bits per heavy atom. The Balaban J connectivity index is 2.50. The van der Waals surface area contributed by atoms with Crippen LogP contribution in [0.15, 0.2) is 64.8 Å². The molecule has 3 nitrogen and oxygen atoms in total. The van der Waals surface area contributed by atoms with Crippen LogP contribution in [-0.2, 0) is 15.1 Å². The highest BCUT2D eigenvalue weighted by Gasteiger charge is 2.33. The summed E-state index contributed by atoms with van der Waals surface area (Å²) in [6.45, 7) is 10.4. The van der Waals surface area contributed by atoms with Crippen molar-refractivity contribution < 1.29 is 13.2 Å². The number of halogens is 1. The maximum absolute atomic E-state index is 11.7. The fourth-order valence-corrected chi connectivity index (χ4v) is 5.53. The Kier molecular flexibility index (Phi) is 9.08. The summed E-state index contributed by atoms with van der Waals surface area (Å²) in [6.07, 6.45) is 7.65. The standard InChI is InChI=1S/C26H33ClO3S/c1-18(13-15-28)24(31(29)30)17-23(27)20(3)16-22(21-11-7-6-8-12-21)25-19(2)10-9-14-26(25,4)5/h6-8,11-13,15-16,22-23H,9-10,14,17H2,1-5H3. The van der Waals surface area contributed by atoms with Crippen molar-refractivity contribution in [1.29, 1.82) is 0 Å². The number of carbonyl (C=O) groups is 1. The van der Waals surface area contributed by atoms with Crippen molar-refractivity contribution in [3.05, 3.63) is 70.3 Å². The Bertz CT molecular complexity index is 1020. The van der Waals surface area contributed by atoms with Gasteiger partial charge in [0, 0.05) is 12.3 Å². The van der Waals surface area contributed by atoms with Crippen LogP contribution in [0.1, 0.15) is 71.8 Å². The predicted octanol–water partition coefficient (Wildman–Crippen LogP) is 6.44. The van der Waals surface area contributed by atoms with E-state index in [4.69, 9.17) is 11.6 Å². The molecule has 0 fully saturated rings. The summed E-state index contributed by atoms with van der Waals surface area (Å²) >= 11 is 6.70. The Labute approximate surface area is 193 Å². The topological polar surface area (TPSA) is 51.2 Å². The molecule has 0 aromatic heterocycles. The number of allylic oxidation sites excluding steroid dienone is 6. The molecule has 1 aliphatic rings. The molecule has 0 spiro atoms. The van der Waals surface area contributed by atoms with Gasteiger partial charge in [-0.2, -0.15) is 8.42 Å². The van der Waals surface area contributed by atoms with E-state index in [-0.39, 0.29) is 22.6 Å². The second-order valence-corrected chi connectivity index (χ2v) is 10.5. The number of rotatable bonds is 8. The number of hydrogen-bond acceptors (Lipinski definition) is 3. The van der Waals surface area contributed by atoms with Gasteiger partial charge in [-0.15, -0.1) is 11.6 Å². The lowest BCUT2D eigenvalue weighted by Crippen LogP contribution is -2.25. The van der Waals surface area contributed by atoms with E-state index in [0.717, 1.165) is 18.4 Å². The minimum absolute atomic E-state index is 0.0819. The third kappa shape index (κ3) is 6.54. The number of alkyl halides is 1. The van der Waals surface area contributed by atoms with Crippen LogP contribution < -0.4 is 0 Å². The van der Waals surface area contributed by atoms with Crippen molar-refractivity contribution in [2.75, 3.05) is 0 Å².